The van der Waals surface area contributed by atoms with Gasteiger partial charge in [-0.2, -0.15) is 0 Å². The summed E-state index contributed by atoms with van der Waals surface area (Å²) in [6.45, 7) is 4.52. The van der Waals surface area contributed by atoms with Gasteiger partial charge in [-0.15, -0.1) is 0 Å². The third-order valence-electron chi connectivity index (χ3n) is 4.25. The Morgan fingerprint density at radius 1 is 1.18 bits per heavy atom. The zero-order chi connectivity index (χ0) is 15.7. The first kappa shape index (κ1) is 14.6. The molecule has 0 unspecified atom stereocenters. The Bertz CT molecular complexity index is 692. The van der Waals surface area contributed by atoms with Crippen molar-refractivity contribution in [3.05, 3.63) is 59.2 Å². The first-order chi connectivity index (χ1) is 10.6. The number of benzene rings is 2. The van der Waals surface area contributed by atoms with Crippen LogP contribution in [-0.2, 0) is 0 Å². The van der Waals surface area contributed by atoms with Gasteiger partial charge in [-0.05, 0) is 36.6 Å². The van der Waals surface area contributed by atoms with Crippen LogP contribution in [0.2, 0.25) is 0 Å². The number of para-hydroxylation sites is 2. The van der Waals surface area contributed by atoms with E-state index in [9.17, 15) is 9.90 Å². The number of hydrogen-bond donors (Lipinski definition) is 2. The molecule has 2 aromatic carbocycles. The first-order valence-corrected chi connectivity index (χ1v) is 7.46. The standard InChI is InChI=1S/C18H20N2O2/c1-12-6-5-7-13(2)17(12)19-18(22)20-10-14(11-21)15-8-3-4-9-16(15)20/h3-9,14,21H,10-11H2,1-2H3,(H,19,22)/t14-/m0/s1. The molecule has 0 saturated heterocycles. The van der Waals surface area contributed by atoms with Crippen molar-refractivity contribution < 1.29 is 9.90 Å². The first-order valence-electron chi connectivity index (χ1n) is 7.46. The molecule has 2 amide bonds. The zero-order valence-electron chi connectivity index (χ0n) is 12.8. The maximum atomic E-state index is 12.7. The van der Waals surface area contributed by atoms with Crippen LogP contribution < -0.4 is 10.2 Å². The Morgan fingerprint density at radius 2 is 1.86 bits per heavy atom. The van der Waals surface area contributed by atoms with Crippen LogP contribution in [0.3, 0.4) is 0 Å². The zero-order valence-corrected chi connectivity index (χ0v) is 12.8. The molecule has 4 nitrogen and oxygen atoms in total. The molecule has 1 aliphatic rings. The fraction of sp³-hybridized carbons (Fsp3) is 0.278. The molecule has 22 heavy (non-hydrogen) atoms. The topological polar surface area (TPSA) is 52.6 Å². The molecule has 1 aliphatic heterocycles. The third-order valence-corrected chi connectivity index (χ3v) is 4.25. The van der Waals surface area contributed by atoms with Crippen molar-refractivity contribution in [1.82, 2.24) is 0 Å². The average Bonchev–Trinajstić information content (AvgIpc) is 2.90. The van der Waals surface area contributed by atoms with E-state index < -0.39 is 0 Å². The fourth-order valence-electron chi connectivity index (χ4n) is 3.03. The van der Waals surface area contributed by atoms with Crippen LogP contribution in [0.4, 0.5) is 16.2 Å². The van der Waals surface area contributed by atoms with Gasteiger partial charge in [0, 0.05) is 23.8 Å². The number of urea groups is 1. The van der Waals surface area contributed by atoms with Crippen molar-refractivity contribution in [2.24, 2.45) is 0 Å². The van der Waals surface area contributed by atoms with Gasteiger partial charge in [0.05, 0.1) is 6.61 Å². The molecular weight excluding hydrogens is 276 g/mol. The Labute approximate surface area is 130 Å². The largest absolute Gasteiger partial charge is 0.396 e. The molecule has 2 N–H and O–H groups in total. The van der Waals surface area contributed by atoms with Crippen LogP contribution in [0.25, 0.3) is 0 Å². The second kappa shape index (κ2) is 5.81. The Balaban J connectivity index is 1.88. The molecule has 3 rings (SSSR count). The monoisotopic (exact) mass is 296 g/mol. The second-order valence-corrected chi connectivity index (χ2v) is 5.75. The number of anilines is 2. The van der Waals surface area contributed by atoms with Crippen molar-refractivity contribution in [3.8, 4) is 0 Å². The molecule has 4 heteroatoms. The predicted molar refractivity (Wildman–Crippen MR) is 88.5 cm³/mol. The van der Waals surface area contributed by atoms with Crippen molar-refractivity contribution >= 4 is 17.4 Å². The minimum absolute atomic E-state index is 0.0140. The molecule has 0 aromatic heterocycles. The highest BCUT2D eigenvalue weighted by molar-refractivity contribution is 6.04. The molecule has 0 radical (unpaired) electrons. The maximum absolute atomic E-state index is 12.7. The van der Waals surface area contributed by atoms with Gasteiger partial charge < -0.3 is 10.4 Å². The van der Waals surface area contributed by atoms with Crippen molar-refractivity contribution in [2.45, 2.75) is 19.8 Å². The lowest BCUT2D eigenvalue weighted by Gasteiger charge is -2.20. The molecule has 114 valence electrons. The van der Waals surface area contributed by atoms with Gasteiger partial charge in [-0.1, -0.05) is 36.4 Å². The van der Waals surface area contributed by atoms with E-state index in [1.807, 2.05) is 56.3 Å². The molecule has 1 heterocycles. The summed E-state index contributed by atoms with van der Waals surface area (Å²) >= 11 is 0. The lowest BCUT2D eigenvalue weighted by molar-refractivity contribution is 0.253. The number of carbonyl (C=O) groups is 1. The highest BCUT2D eigenvalue weighted by Crippen LogP contribution is 2.36. The van der Waals surface area contributed by atoms with Gasteiger partial charge in [0.1, 0.15) is 0 Å². The smallest absolute Gasteiger partial charge is 0.326 e. The molecule has 1 atom stereocenters. The van der Waals surface area contributed by atoms with Crippen LogP contribution in [0.15, 0.2) is 42.5 Å². The fourth-order valence-corrected chi connectivity index (χ4v) is 3.03. The van der Waals surface area contributed by atoms with Crippen molar-refractivity contribution in [2.75, 3.05) is 23.4 Å². The molecule has 0 bridgehead atoms. The number of fused-ring (bicyclic) bond motifs is 1. The number of nitrogens with zero attached hydrogens (tertiary/aromatic N) is 1. The lowest BCUT2D eigenvalue weighted by atomic mass is 10.0. The maximum Gasteiger partial charge on any atom is 0.326 e. The summed E-state index contributed by atoms with van der Waals surface area (Å²) in [6, 6.07) is 13.5. The number of aliphatic hydroxyl groups is 1. The van der Waals surface area contributed by atoms with Crippen LogP contribution in [0, 0.1) is 13.8 Å². The summed E-state index contributed by atoms with van der Waals surface area (Å²) in [7, 11) is 0. The molecule has 0 spiro atoms. The number of amides is 2. The van der Waals surface area contributed by atoms with Gasteiger partial charge >= 0.3 is 6.03 Å². The predicted octanol–water partition coefficient (Wildman–Crippen LogP) is 3.43. The third kappa shape index (κ3) is 2.46. The quantitative estimate of drug-likeness (QED) is 0.892. The van der Waals surface area contributed by atoms with E-state index in [2.05, 4.69) is 5.32 Å². The van der Waals surface area contributed by atoms with E-state index in [4.69, 9.17) is 0 Å². The minimum Gasteiger partial charge on any atom is -0.396 e. The molecular formula is C18H20N2O2. The van der Waals surface area contributed by atoms with E-state index in [0.717, 1.165) is 28.1 Å². The Morgan fingerprint density at radius 3 is 2.55 bits per heavy atom. The molecule has 0 fully saturated rings. The lowest BCUT2D eigenvalue weighted by Crippen LogP contribution is -2.34. The molecule has 0 saturated carbocycles. The minimum atomic E-state index is -0.152. The van der Waals surface area contributed by atoms with Gasteiger partial charge in [0.2, 0.25) is 0 Å². The summed E-state index contributed by atoms with van der Waals surface area (Å²) in [4.78, 5) is 14.4. The van der Waals surface area contributed by atoms with Crippen LogP contribution in [0.1, 0.15) is 22.6 Å². The highest BCUT2D eigenvalue weighted by Gasteiger charge is 2.31. The molecule has 0 aliphatic carbocycles. The van der Waals surface area contributed by atoms with E-state index in [0.29, 0.717) is 6.54 Å². The van der Waals surface area contributed by atoms with Gasteiger partial charge in [0.25, 0.3) is 0 Å². The second-order valence-electron chi connectivity index (χ2n) is 5.75. The van der Waals surface area contributed by atoms with Crippen molar-refractivity contribution in [3.63, 3.8) is 0 Å². The van der Waals surface area contributed by atoms with E-state index in [1.165, 1.54) is 0 Å². The normalized spacial score (nSPS) is 16.5. The summed E-state index contributed by atoms with van der Waals surface area (Å²) in [6.07, 6.45) is 0. The summed E-state index contributed by atoms with van der Waals surface area (Å²) < 4.78 is 0. The van der Waals surface area contributed by atoms with Crippen LogP contribution >= 0.6 is 0 Å². The van der Waals surface area contributed by atoms with E-state index in [1.54, 1.807) is 4.90 Å². The number of nitrogens with one attached hydrogen (secondary N) is 1. The molecule has 2 aromatic rings. The van der Waals surface area contributed by atoms with Gasteiger partial charge in [-0.25, -0.2) is 4.79 Å². The number of carbonyl (C=O) groups excluding carboxylic acids is 1. The Kier molecular flexibility index (Phi) is 3.86. The average molecular weight is 296 g/mol. The van der Waals surface area contributed by atoms with E-state index >= 15 is 0 Å². The summed E-state index contributed by atoms with van der Waals surface area (Å²) in [5.41, 5.74) is 4.85. The van der Waals surface area contributed by atoms with Gasteiger partial charge in [0.15, 0.2) is 0 Å². The SMILES string of the molecule is Cc1cccc(C)c1NC(=O)N1C[C@@H](CO)c2ccccc21. The number of rotatable bonds is 2. The Hall–Kier alpha value is -2.33. The van der Waals surface area contributed by atoms with Crippen molar-refractivity contribution in [1.29, 1.82) is 0 Å². The number of aryl methyl sites for hydroxylation is 2. The summed E-state index contributed by atoms with van der Waals surface area (Å²) in [5.74, 6) is -0.0140. The van der Waals surface area contributed by atoms with E-state index in [-0.39, 0.29) is 18.6 Å². The van der Waals surface area contributed by atoms with Gasteiger partial charge in [-0.3, -0.25) is 4.90 Å². The summed E-state index contributed by atoms with van der Waals surface area (Å²) in [5, 5.41) is 12.5. The van der Waals surface area contributed by atoms with Crippen LogP contribution in [-0.4, -0.2) is 24.3 Å². The number of aliphatic hydroxyl groups excluding tert-OH is 1. The number of hydrogen-bond acceptors (Lipinski definition) is 2. The van der Waals surface area contributed by atoms with Crippen LogP contribution in [0.5, 0.6) is 0 Å². The highest BCUT2D eigenvalue weighted by atomic mass is 16.3.